The molecule has 0 saturated heterocycles. The lowest BCUT2D eigenvalue weighted by Gasteiger charge is -2.33. The van der Waals surface area contributed by atoms with E-state index in [1.807, 2.05) is 26.0 Å². The maximum Gasteiger partial charge on any atom is 0.141 e. The van der Waals surface area contributed by atoms with Crippen molar-refractivity contribution in [2.24, 2.45) is 11.8 Å². The third kappa shape index (κ3) is 3.66. The Kier molecular flexibility index (Phi) is 4.98. The first-order valence-corrected chi connectivity index (χ1v) is 8.67. The molecule has 1 fully saturated rings. The Bertz CT molecular complexity index is 693. The molecule has 0 amide bonds. The SMILES string of the molecule is Cc1ccc(N[C@@H](c2ccc(F)cc2)[C@@H]2CCC[C@@H](C)C2=O)cc1. The standard InChI is InChI=1S/C21H24FNO/c1-14-6-12-18(13-7-14)23-20(16-8-10-17(22)11-9-16)19-5-3-4-15(2)21(19)24/h6-13,15,19-20,23H,3-5H2,1-2H3/t15-,19+,20+/m1/s1. The average Bonchev–Trinajstić information content (AvgIpc) is 2.58. The third-order valence-corrected chi connectivity index (χ3v) is 5.01. The number of benzene rings is 2. The monoisotopic (exact) mass is 325 g/mol. The first kappa shape index (κ1) is 16.7. The van der Waals surface area contributed by atoms with E-state index in [4.69, 9.17) is 0 Å². The van der Waals surface area contributed by atoms with Gasteiger partial charge in [0.1, 0.15) is 11.6 Å². The van der Waals surface area contributed by atoms with Gasteiger partial charge in [-0.1, -0.05) is 43.2 Å². The van der Waals surface area contributed by atoms with Crippen molar-refractivity contribution < 1.29 is 9.18 Å². The van der Waals surface area contributed by atoms with Gasteiger partial charge in [-0.3, -0.25) is 4.79 Å². The van der Waals surface area contributed by atoms with Crippen LogP contribution < -0.4 is 5.32 Å². The number of hydrogen-bond donors (Lipinski definition) is 1. The number of Topliss-reactive ketones (excluding diaryl/α,β-unsaturated/α-hetero) is 1. The summed E-state index contributed by atoms with van der Waals surface area (Å²) in [5, 5.41) is 3.52. The summed E-state index contributed by atoms with van der Waals surface area (Å²) in [7, 11) is 0. The molecule has 2 aromatic carbocycles. The molecule has 1 N–H and O–H groups in total. The fraction of sp³-hybridized carbons (Fsp3) is 0.381. The summed E-state index contributed by atoms with van der Waals surface area (Å²) in [6.07, 6.45) is 2.91. The predicted molar refractivity (Wildman–Crippen MR) is 95.5 cm³/mol. The number of anilines is 1. The Morgan fingerprint density at radius 3 is 2.38 bits per heavy atom. The summed E-state index contributed by atoms with van der Waals surface area (Å²) in [5.74, 6) is 0.0957. The van der Waals surface area contributed by atoms with Gasteiger partial charge in [-0.05, 0) is 49.6 Å². The number of halogens is 1. The van der Waals surface area contributed by atoms with Crippen LogP contribution in [0, 0.1) is 24.6 Å². The van der Waals surface area contributed by atoms with Gasteiger partial charge in [-0.2, -0.15) is 0 Å². The van der Waals surface area contributed by atoms with Gasteiger partial charge in [0.05, 0.1) is 6.04 Å². The van der Waals surface area contributed by atoms with Crippen LogP contribution >= 0.6 is 0 Å². The molecule has 3 heteroatoms. The molecule has 0 unspecified atom stereocenters. The van der Waals surface area contributed by atoms with Crippen LogP contribution in [-0.4, -0.2) is 5.78 Å². The molecular weight excluding hydrogens is 301 g/mol. The highest BCUT2D eigenvalue weighted by Gasteiger charge is 2.35. The van der Waals surface area contributed by atoms with Gasteiger partial charge in [0, 0.05) is 17.5 Å². The number of hydrogen-bond acceptors (Lipinski definition) is 2. The van der Waals surface area contributed by atoms with E-state index in [1.165, 1.54) is 17.7 Å². The van der Waals surface area contributed by atoms with E-state index in [9.17, 15) is 9.18 Å². The van der Waals surface area contributed by atoms with Crippen molar-refractivity contribution in [3.05, 3.63) is 65.5 Å². The fourth-order valence-corrected chi connectivity index (χ4v) is 3.54. The molecule has 1 aliphatic carbocycles. The first-order chi connectivity index (χ1) is 11.5. The van der Waals surface area contributed by atoms with Crippen LogP contribution in [0.25, 0.3) is 0 Å². The van der Waals surface area contributed by atoms with Gasteiger partial charge in [0.15, 0.2) is 0 Å². The van der Waals surface area contributed by atoms with Gasteiger partial charge < -0.3 is 5.32 Å². The van der Waals surface area contributed by atoms with Crippen molar-refractivity contribution in [1.82, 2.24) is 0 Å². The Labute approximate surface area is 143 Å². The topological polar surface area (TPSA) is 29.1 Å². The van der Waals surface area contributed by atoms with E-state index in [-0.39, 0.29) is 23.7 Å². The zero-order valence-corrected chi connectivity index (χ0v) is 14.3. The van der Waals surface area contributed by atoms with Gasteiger partial charge >= 0.3 is 0 Å². The van der Waals surface area contributed by atoms with Crippen LogP contribution in [0.1, 0.15) is 43.4 Å². The second-order valence-corrected chi connectivity index (χ2v) is 6.88. The Balaban J connectivity index is 1.92. The molecule has 3 rings (SSSR count). The highest BCUT2D eigenvalue weighted by atomic mass is 19.1. The highest BCUT2D eigenvalue weighted by molar-refractivity contribution is 5.85. The molecule has 0 spiro atoms. The molecule has 24 heavy (non-hydrogen) atoms. The smallest absolute Gasteiger partial charge is 0.141 e. The summed E-state index contributed by atoms with van der Waals surface area (Å²) >= 11 is 0. The van der Waals surface area contributed by atoms with Crippen LogP contribution in [0.4, 0.5) is 10.1 Å². The normalized spacial score (nSPS) is 22.2. The van der Waals surface area contributed by atoms with E-state index < -0.39 is 0 Å². The van der Waals surface area contributed by atoms with E-state index in [0.717, 1.165) is 30.5 Å². The summed E-state index contributed by atoms with van der Waals surface area (Å²) in [4.78, 5) is 12.7. The van der Waals surface area contributed by atoms with E-state index in [1.54, 1.807) is 12.1 Å². The largest absolute Gasteiger partial charge is 0.378 e. The van der Waals surface area contributed by atoms with E-state index in [0.29, 0.717) is 5.78 Å². The molecule has 0 radical (unpaired) electrons. The maximum absolute atomic E-state index is 13.3. The van der Waals surface area contributed by atoms with Crippen molar-refractivity contribution >= 4 is 11.5 Å². The summed E-state index contributed by atoms with van der Waals surface area (Å²) in [5.41, 5.74) is 3.15. The van der Waals surface area contributed by atoms with Crippen molar-refractivity contribution in [2.75, 3.05) is 5.32 Å². The molecule has 1 aliphatic rings. The molecule has 0 aliphatic heterocycles. The molecule has 0 bridgehead atoms. The quantitative estimate of drug-likeness (QED) is 0.827. The van der Waals surface area contributed by atoms with Crippen LogP contribution in [0.15, 0.2) is 48.5 Å². The summed E-state index contributed by atoms with van der Waals surface area (Å²) in [6, 6.07) is 14.5. The number of carbonyl (C=O) groups is 1. The van der Waals surface area contributed by atoms with E-state index in [2.05, 4.69) is 17.4 Å². The average molecular weight is 325 g/mol. The number of carbonyl (C=O) groups excluding carboxylic acids is 1. The lowest BCUT2D eigenvalue weighted by molar-refractivity contribution is -0.129. The Morgan fingerprint density at radius 1 is 1.04 bits per heavy atom. The van der Waals surface area contributed by atoms with Crippen molar-refractivity contribution in [3.8, 4) is 0 Å². The van der Waals surface area contributed by atoms with Crippen molar-refractivity contribution in [3.63, 3.8) is 0 Å². The molecule has 2 nitrogen and oxygen atoms in total. The maximum atomic E-state index is 13.3. The molecule has 126 valence electrons. The molecule has 3 atom stereocenters. The van der Waals surface area contributed by atoms with Crippen LogP contribution in [0.5, 0.6) is 0 Å². The lowest BCUT2D eigenvalue weighted by atomic mass is 9.75. The number of nitrogens with one attached hydrogen (secondary N) is 1. The summed E-state index contributed by atoms with van der Waals surface area (Å²) < 4.78 is 13.3. The molecule has 1 saturated carbocycles. The van der Waals surface area contributed by atoms with Gasteiger partial charge in [-0.15, -0.1) is 0 Å². The van der Waals surface area contributed by atoms with Gasteiger partial charge in [0.2, 0.25) is 0 Å². The molecule has 2 aromatic rings. The zero-order chi connectivity index (χ0) is 17.1. The lowest BCUT2D eigenvalue weighted by Crippen LogP contribution is -2.34. The second kappa shape index (κ2) is 7.16. The molecule has 0 aromatic heterocycles. The zero-order valence-electron chi connectivity index (χ0n) is 14.3. The Hall–Kier alpha value is -2.16. The first-order valence-electron chi connectivity index (χ1n) is 8.67. The van der Waals surface area contributed by atoms with Crippen LogP contribution in [0.2, 0.25) is 0 Å². The van der Waals surface area contributed by atoms with Crippen LogP contribution in [0.3, 0.4) is 0 Å². The number of rotatable bonds is 4. The minimum atomic E-state index is -0.254. The molecule has 0 heterocycles. The second-order valence-electron chi connectivity index (χ2n) is 6.88. The fourth-order valence-electron chi connectivity index (χ4n) is 3.54. The third-order valence-electron chi connectivity index (χ3n) is 5.01. The minimum Gasteiger partial charge on any atom is -0.378 e. The van der Waals surface area contributed by atoms with Gasteiger partial charge in [-0.25, -0.2) is 4.39 Å². The predicted octanol–water partition coefficient (Wildman–Crippen LogP) is 5.29. The highest BCUT2D eigenvalue weighted by Crippen LogP contribution is 2.37. The van der Waals surface area contributed by atoms with E-state index >= 15 is 0 Å². The van der Waals surface area contributed by atoms with Crippen molar-refractivity contribution in [2.45, 2.75) is 39.2 Å². The summed E-state index contributed by atoms with van der Waals surface area (Å²) in [6.45, 7) is 4.07. The van der Waals surface area contributed by atoms with Gasteiger partial charge in [0.25, 0.3) is 0 Å². The van der Waals surface area contributed by atoms with Crippen molar-refractivity contribution in [1.29, 1.82) is 0 Å². The van der Waals surface area contributed by atoms with Crippen LogP contribution in [-0.2, 0) is 4.79 Å². The minimum absolute atomic E-state index is 0.0690. The number of aryl methyl sites for hydroxylation is 1. The Morgan fingerprint density at radius 2 is 1.71 bits per heavy atom. The molecular formula is C21H24FNO. The number of ketones is 1.